The van der Waals surface area contributed by atoms with Crippen LogP contribution in [0, 0.1) is 19.7 Å². The van der Waals surface area contributed by atoms with E-state index in [0.717, 1.165) is 16.7 Å². The Labute approximate surface area is 177 Å². The molecule has 2 aromatic carbocycles. The molecule has 0 saturated heterocycles. The van der Waals surface area contributed by atoms with Crippen LogP contribution < -0.4 is 0 Å². The normalized spacial score (nSPS) is 15.5. The summed E-state index contributed by atoms with van der Waals surface area (Å²) in [5.41, 5.74) is 4.50. The first-order valence-corrected chi connectivity index (χ1v) is 9.91. The van der Waals surface area contributed by atoms with E-state index in [9.17, 15) is 14.3 Å². The van der Waals surface area contributed by atoms with Crippen molar-refractivity contribution in [3.63, 3.8) is 0 Å². The lowest BCUT2D eigenvalue weighted by Gasteiger charge is -2.25. The SMILES string of the molecule is Cc1cc(C)c(O)c(-c2n[nH]c3c2C(c2ccc(F)cc2)N(Cc2ccco2)C3=O)c1. The molecule has 1 aliphatic heterocycles. The van der Waals surface area contributed by atoms with Crippen LogP contribution in [0.5, 0.6) is 5.75 Å². The molecular formula is C24H20FN3O3. The van der Waals surface area contributed by atoms with Crippen LogP contribution in [0.1, 0.15) is 44.5 Å². The van der Waals surface area contributed by atoms with Gasteiger partial charge in [0, 0.05) is 11.1 Å². The highest BCUT2D eigenvalue weighted by Gasteiger charge is 2.43. The van der Waals surface area contributed by atoms with Crippen molar-refractivity contribution in [2.75, 3.05) is 0 Å². The van der Waals surface area contributed by atoms with Crippen LogP contribution in [0.3, 0.4) is 0 Å². The minimum absolute atomic E-state index is 0.120. The number of H-pyrrole nitrogens is 1. The van der Waals surface area contributed by atoms with Gasteiger partial charge in [0.2, 0.25) is 0 Å². The monoisotopic (exact) mass is 417 g/mol. The summed E-state index contributed by atoms with van der Waals surface area (Å²) in [5, 5.41) is 18.0. The summed E-state index contributed by atoms with van der Waals surface area (Å²) >= 11 is 0. The average molecular weight is 417 g/mol. The Morgan fingerprint density at radius 2 is 1.97 bits per heavy atom. The molecule has 0 fully saturated rings. The number of rotatable bonds is 4. The van der Waals surface area contributed by atoms with Gasteiger partial charge in [0.05, 0.1) is 18.8 Å². The summed E-state index contributed by atoms with van der Waals surface area (Å²) < 4.78 is 19.1. The van der Waals surface area contributed by atoms with E-state index in [1.807, 2.05) is 26.0 Å². The van der Waals surface area contributed by atoms with E-state index >= 15 is 0 Å². The number of aromatic hydroxyl groups is 1. The highest BCUT2D eigenvalue weighted by atomic mass is 19.1. The summed E-state index contributed by atoms with van der Waals surface area (Å²) in [6, 6.07) is 12.9. The fourth-order valence-electron chi connectivity index (χ4n) is 4.27. The van der Waals surface area contributed by atoms with Crippen molar-refractivity contribution in [2.45, 2.75) is 26.4 Å². The molecule has 2 aromatic heterocycles. The van der Waals surface area contributed by atoms with Gasteiger partial charge in [0.1, 0.15) is 28.7 Å². The number of phenolic OH excluding ortho intramolecular Hbond substituents is 1. The Hall–Kier alpha value is -3.87. The molecule has 1 amide bonds. The second kappa shape index (κ2) is 7.12. The molecule has 0 spiro atoms. The average Bonchev–Trinajstić information content (AvgIpc) is 3.46. The number of carbonyl (C=O) groups is 1. The first-order chi connectivity index (χ1) is 14.9. The smallest absolute Gasteiger partial charge is 0.273 e. The number of fused-ring (bicyclic) bond motifs is 1. The lowest BCUT2D eigenvalue weighted by atomic mass is 9.94. The fourth-order valence-corrected chi connectivity index (χ4v) is 4.27. The quantitative estimate of drug-likeness (QED) is 0.496. The number of nitrogens with zero attached hydrogens (tertiary/aromatic N) is 2. The van der Waals surface area contributed by atoms with Crippen LogP contribution in [0.2, 0.25) is 0 Å². The molecule has 1 unspecified atom stereocenters. The number of amides is 1. The van der Waals surface area contributed by atoms with E-state index in [4.69, 9.17) is 4.42 Å². The van der Waals surface area contributed by atoms with Gasteiger partial charge < -0.3 is 14.4 Å². The highest BCUT2D eigenvalue weighted by molar-refractivity contribution is 6.00. The molecule has 156 valence electrons. The Kier molecular flexibility index (Phi) is 4.39. The van der Waals surface area contributed by atoms with Gasteiger partial charge in [-0.3, -0.25) is 9.89 Å². The van der Waals surface area contributed by atoms with Crippen molar-refractivity contribution in [3.8, 4) is 17.0 Å². The van der Waals surface area contributed by atoms with Gasteiger partial charge in [-0.05, 0) is 60.9 Å². The summed E-state index contributed by atoms with van der Waals surface area (Å²) in [6.45, 7) is 4.01. The highest BCUT2D eigenvalue weighted by Crippen LogP contribution is 2.45. The predicted octanol–water partition coefficient (Wildman–Crippen LogP) is 4.88. The number of hydrogen-bond donors (Lipinski definition) is 2. The van der Waals surface area contributed by atoms with Crippen LogP contribution in [-0.2, 0) is 6.54 Å². The largest absolute Gasteiger partial charge is 0.507 e. The molecule has 1 aliphatic rings. The number of halogens is 1. The summed E-state index contributed by atoms with van der Waals surface area (Å²) in [6.07, 6.45) is 1.56. The minimum atomic E-state index is -0.512. The number of hydrogen-bond acceptors (Lipinski definition) is 4. The summed E-state index contributed by atoms with van der Waals surface area (Å²) in [7, 11) is 0. The molecule has 6 nitrogen and oxygen atoms in total. The van der Waals surface area contributed by atoms with Crippen LogP contribution in [0.15, 0.2) is 59.2 Å². The molecule has 0 aliphatic carbocycles. The number of aromatic nitrogens is 2. The number of carbonyl (C=O) groups excluding carboxylic acids is 1. The molecule has 31 heavy (non-hydrogen) atoms. The van der Waals surface area contributed by atoms with E-state index in [0.29, 0.717) is 28.3 Å². The Morgan fingerprint density at radius 1 is 1.19 bits per heavy atom. The van der Waals surface area contributed by atoms with Crippen molar-refractivity contribution in [3.05, 3.63) is 94.3 Å². The van der Waals surface area contributed by atoms with Crippen molar-refractivity contribution < 1.29 is 18.7 Å². The molecular weight excluding hydrogens is 397 g/mol. The third-order valence-electron chi connectivity index (χ3n) is 5.66. The third-order valence-corrected chi connectivity index (χ3v) is 5.66. The van der Waals surface area contributed by atoms with Crippen molar-refractivity contribution in [1.29, 1.82) is 0 Å². The van der Waals surface area contributed by atoms with E-state index in [1.165, 1.54) is 12.1 Å². The van der Waals surface area contributed by atoms with Crippen LogP contribution in [-0.4, -0.2) is 26.1 Å². The third kappa shape index (κ3) is 3.09. The molecule has 2 N–H and O–H groups in total. The fraction of sp³-hybridized carbons (Fsp3) is 0.167. The lowest BCUT2D eigenvalue weighted by molar-refractivity contribution is 0.0717. The summed E-state index contributed by atoms with van der Waals surface area (Å²) in [4.78, 5) is 15.0. The number of nitrogens with one attached hydrogen (secondary N) is 1. The van der Waals surface area contributed by atoms with Crippen molar-refractivity contribution in [2.24, 2.45) is 0 Å². The van der Waals surface area contributed by atoms with Crippen molar-refractivity contribution >= 4 is 5.91 Å². The number of benzene rings is 2. The van der Waals surface area contributed by atoms with Crippen LogP contribution in [0.4, 0.5) is 4.39 Å². The molecule has 4 aromatic rings. The van der Waals surface area contributed by atoms with Crippen LogP contribution >= 0.6 is 0 Å². The second-order valence-electron chi connectivity index (χ2n) is 7.81. The molecule has 1 atom stereocenters. The molecule has 3 heterocycles. The predicted molar refractivity (Wildman–Crippen MR) is 112 cm³/mol. The number of aryl methyl sites for hydroxylation is 2. The van der Waals surface area contributed by atoms with Gasteiger partial charge in [0.15, 0.2) is 0 Å². The van der Waals surface area contributed by atoms with Gasteiger partial charge >= 0.3 is 0 Å². The lowest BCUT2D eigenvalue weighted by Crippen LogP contribution is -2.29. The Bertz CT molecular complexity index is 1280. The maximum absolute atomic E-state index is 13.6. The molecule has 7 heteroatoms. The first-order valence-electron chi connectivity index (χ1n) is 9.91. The maximum Gasteiger partial charge on any atom is 0.273 e. The van der Waals surface area contributed by atoms with Gasteiger partial charge in [-0.15, -0.1) is 0 Å². The molecule has 0 radical (unpaired) electrons. The van der Waals surface area contributed by atoms with E-state index in [-0.39, 0.29) is 24.0 Å². The van der Waals surface area contributed by atoms with Gasteiger partial charge in [-0.25, -0.2) is 4.39 Å². The maximum atomic E-state index is 13.6. The zero-order valence-electron chi connectivity index (χ0n) is 17.0. The number of phenols is 1. The van der Waals surface area contributed by atoms with Gasteiger partial charge in [-0.2, -0.15) is 5.10 Å². The molecule has 0 saturated carbocycles. The zero-order valence-corrected chi connectivity index (χ0v) is 17.0. The number of aromatic amines is 1. The topological polar surface area (TPSA) is 82.4 Å². The number of furan rings is 1. The van der Waals surface area contributed by atoms with Gasteiger partial charge in [-0.1, -0.05) is 18.2 Å². The van der Waals surface area contributed by atoms with E-state index < -0.39 is 6.04 Å². The van der Waals surface area contributed by atoms with Crippen LogP contribution in [0.25, 0.3) is 11.3 Å². The van der Waals surface area contributed by atoms with E-state index in [1.54, 1.807) is 35.4 Å². The summed E-state index contributed by atoms with van der Waals surface area (Å²) in [5.74, 6) is 0.164. The molecule has 0 bridgehead atoms. The molecule has 5 rings (SSSR count). The Morgan fingerprint density at radius 3 is 2.68 bits per heavy atom. The minimum Gasteiger partial charge on any atom is -0.507 e. The van der Waals surface area contributed by atoms with Gasteiger partial charge in [0.25, 0.3) is 5.91 Å². The van der Waals surface area contributed by atoms with Crippen molar-refractivity contribution in [1.82, 2.24) is 15.1 Å². The Balaban J connectivity index is 1.70. The standard InChI is InChI=1S/C24H20FN3O3/c1-13-10-14(2)23(29)18(11-13)20-19-21(27-26-20)24(30)28(12-17-4-3-9-31-17)22(19)15-5-7-16(25)8-6-15/h3-11,22,29H,12H2,1-2H3,(H,26,27). The zero-order chi connectivity index (χ0) is 21.7. The second-order valence-corrected chi connectivity index (χ2v) is 7.81. The first kappa shape index (κ1) is 19.1. The van der Waals surface area contributed by atoms with E-state index in [2.05, 4.69) is 10.2 Å².